The summed E-state index contributed by atoms with van der Waals surface area (Å²) in [5.41, 5.74) is 1.76. The van der Waals surface area contributed by atoms with Crippen LogP contribution in [-0.2, 0) is 4.79 Å². The molecule has 0 bridgehead atoms. The Morgan fingerprint density at radius 2 is 2.29 bits per heavy atom. The number of pyridine rings is 1. The molecule has 2 heterocycles. The van der Waals surface area contributed by atoms with Crippen molar-refractivity contribution in [3.63, 3.8) is 0 Å². The summed E-state index contributed by atoms with van der Waals surface area (Å²) in [4.78, 5) is 20.2. The fourth-order valence-corrected chi connectivity index (χ4v) is 0.775. The van der Waals surface area contributed by atoms with Gasteiger partial charge in [-0.2, -0.15) is 12.6 Å². The van der Waals surface area contributed by atoms with E-state index in [-0.39, 0.29) is 5.75 Å². The van der Waals surface area contributed by atoms with Crippen molar-refractivity contribution in [1.82, 2.24) is 15.0 Å². The smallest absolute Gasteiger partial charge is 0.313 e. The maximum atomic E-state index is 9.29. The lowest BCUT2D eigenvalue weighted by Crippen LogP contribution is -1.92. The zero-order valence-corrected chi connectivity index (χ0v) is 8.11. The lowest BCUT2D eigenvalue weighted by Gasteiger charge is -1.80. The molecule has 0 atom stereocenters. The molecule has 2 aromatic rings. The van der Waals surface area contributed by atoms with Crippen molar-refractivity contribution >= 4 is 29.8 Å². The molecule has 2 N–H and O–H groups in total. The Balaban J connectivity index is 0.000000171. The van der Waals surface area contributed by atoms with E-state index >= 15 is 0 Å². The predicted molar refractivity (Wildman–Crippen MR) is 55.4 cm³/mol. The van der Waals surface area contributed by atoms with E-state index in [0.29, 0.717) is 0 Å². The minimum atomic E-state index is -0.881. The summed E-state index contributed by atoms with van der Waals surface area (Å²) < 4.78 is 0. The van der Waals surface area contributed by atoms with Crippen LogP contribution in [0.5, 0.6) is 0 Å². The third-order valence-corrected chi connectivity index (χ3v) is 1.60. The topological polar surface area (TPSA) is 78.9 Å². The second-order valence-electron chi connectivity index (χ2n) is 2.33. The van der Waals surface area contributed by atoms with E-state index in [0.717, 1.165) is 11.2 Å². The Morgan fingerprint density at radius 3 is 2.86 bits per heavy atom. The molecule has 0 aliphatic carbocycles. The summed E-state index contributed by atoms with van der Waals surface area (Å²) in [6, 6.07) is 3.82. The van der Waals surface area contributed by atoms with E-state index in [1.54, 1.807) is 12.5 Å². The molecule has 0 spiro atoms. The van der Waals surface area contributed by atoms with Gasteiger partial charge in [0.05, 0.1) is 17.6 Å². The number of aliphatic carboxylic acids is 1. The Labute approximate surface area is 85.6 Å². The van der Waals surface area contributed by atoms with Gasteiger partial charge < -0.3 is 10.1 Å². The molecule has 74 valence electrons. The Bertz CT molecular complexity index is 385. The zero-order chi connectivity index (χ0) is 10.4. The number of aromatic amines is 1. The van der Waals surface area contributed by atoms with Gasteiger partial charge in [-0.15, -0.1) is 0 Å². The third kappa shape index (κ3) is 3.06. The summed E-state index contributed by atoms with van der Waals surface area (Å²) in [5.74, 6) is -0.965. The molecule has 0 fully saturated rings. The first-order chi connectivity index (χ1) is 6.74. The number of hydrogen-bond acceptors (Lipinski definition) is 4. The predicted octanol–water partition coefficient (Wildman–Crippen LogP) is 0.959. The molecule has 2 rings (SSSR count). The van der Waals surface area contributed by atoms with Gasteiger partial charge in [-0.25, -0.2) is 9.97 Å². The van der Waals surface area contributed by atoms with Gasteiger partial charge in [0.1, 0.15) is 0 Å². The molecule has 2 aromatic heterocycles. The summed E-state index contributed by atoms with van der Waals surface area (Å²) in [5, 5.41) is 7.65. The largest absolute Gasteiger partial charge is 0.481 e. The van der Waals surface area contributed by atoms with Crippen molar-refractivity contribution in [2.24, 2.45) is 0 Å². The second kappa shape index (κ2) is 5.23. The van der Waals surface area contributed by atoms with E-state index < -0.39 is 5.97 Å². The van der Waals surface area contributed by atoms with Crippen LogP contribution in [0.1, 0.15) is 0 Å². The zero-order valence-electron chi connectivity index (χ0n) is 7.21. The van der Waals surface area contributed by atoms with E-state index in [1.807, 2.05) is 12.1 Å². The highest BCUT2D eigenvalue weighted by Crippen LogP contribution is 2.01. The van der Waals surface area contributed by atoms with Crippen LogP contribution in [0, 0.1) is 0 Å². The van der Waals surface area contributed by atoms with Gasteiger partial charge in [-0.1, -0.05) is 0 Å². The Kier molecular flexibility index (Phi) is 3.93. The number of thiol groups is 1. The molecule has 0 amide bonds. The lowest BCUT2D eigenvalue weighted by molar-refractivity contribution is -0.133. The van der Waals surface area contributed by atoms with Crippen LogP contribution >= 0.6 is 12.6 Å². The van der Waals surface area contributed by atoms with Crippen molar-refractivity contribution < 1.29 is 9.90 Å². The number of hydrogen-bond donors (Lipinski definition) is 3. The second-order valence-corrected chi connectivity index (χ2v) is 2.65. The molecular formula is C8H9N3O2S. The van der Waals surface area contributed by atoms with E-state index in [4.69, 9.17) is 5.11 Å². The van der Waals surface area contributed by atoms with Crippen LogP contribution in [0.15, 0.2) is 24.7 Å². The molecule has 0 saturated heterocycles. The number of H-pyrrole nitrogens is 1. The fraction of sp³-hybridized carbons (Fsp3) is 0.125. The van der Waals surface area contributed by atoms with E-state index in [9.17, 15) is 4.79 Å². The highest BCUT2D eigenvalue weighted by atomic mass is 32.1. The lowest BCUT2D eigenvalue weighted by atomic mass is 10.4. The molecule has 0 saturated carbocycles. The third-order valence-electron chi connectivity index (χ3n) is 1.33. The van der Waals surface area contributed by atoms with Gasteiger partial charge in [0.2, 0.25) is 0 Å². The van der Waals surface area contributed by atoms with Gasteiger partial charge in [0.15, 0.2) is 5.65 Å². The minimum Gasteiger partial charge on any atom is -0.481 e. The first-order valence-electron chi connectivity index (χ1n) is 3.81. The van der Waals surface area contributed by atoms with Gasteiger partial charge in [0.25, 0.3) is 0 Å². The normalized spacial score (nSPS) is 9.21. The first-order valence-corrected chi connectivity index (χ1v) is 4.44. The van der Waals surface area contributed by atoms with Crippen LogP contribution in [0.25, 0.3) is 11.2 Å². The summed E-state index contributed by atoms with van der Waals surface area (Å²) in [6.45, 7) is 0. The molecule has 14 heavy (non-hydrogen) atoms. The molecule has 5 nitrogen and oxygen atoms in total. The standard InChI is InChI=1S/C6H5N3.C2H4O2S/c1-2-5-6(7-3-1)9-4-8-5;3-2(4)1-5/h1-4H,(H,7,8,9);5H,1H2,(H,3,4). The average Bonchev–Trinajstić information content (AvgIpc) is 2.66. The maximum absolute atomic E-state index is 9.29. The number of nitrogens with one attached hydrogen (secondary N) is 1. The first kappa shape index (κ1) is 10.5. The van der Waals surface area contributed by atoms with Crippen LogP contribution < -0.4 is 0 Å². The number of fused-ring (bicyclic) bond motifs is 1. The maximum Gasteiger partial charge on any atom is 0.313 e. The Hall–Kier alpha value is -1.56. The van der Waals surface area contributed by atoms with Crippen molar-refractivity contribution in [1.29, 1.82) is 0 Å². The number of rotatable bonds is 1. The van der Waals surface area contributed by atoms with E-state index in [1.165, 1.54) is 0 Å². The van der Waals surface area contributed by atoms with Crippen molar-refractivity contribution in [2.75, 3.05) is 5.75 Å². The number of aromatic nitrogens is 3. The average molecular weight is 211 g/mol. The quantitative estimate of drug-likeness (QED) is 0.614. The summed E-state index contributed by atoms with van der Waals surface area (Å²) >= 11 is 3.42. The van der Waals surface area contributed by atoms with Crippen molar-refractivity contribution in [3.05, 3.63) is 24.7 Å². The monoisotopic (exact) mass is 211 g/mol. The van der Waals surface area contributed by atoms with Crippen molar-refractivity contribution in [3.8, 4) is 0 Å². The highest BCUT2D eigenvalue weighted by Gasteiger charge is 1.90. The number of imidazole rings is 1. The van der Waals surface area contributed by atoms with Crippen LogP contribution in [0.2, 0.25) is 0 Å². The molecular weight excluding hydrogens is 202 g/mol. The summed E-state index contributed by atoms with van der Waals surface area (Å²) in [7, 11) is 0. The number of carboxylic acids is 1. The van der Waals surface area contributed by atoms with Crippen molar-refractivity contribution in [2.45, 2.75) is 0 Å². The molecule has 6 heteroatoms. The molecule has 0 aromatic carbocycles. The summed E-state index contributed by atoms with van der Waals surface area (Å²) in [6.07, 6.45) is 3.36. The van der Waals surface area contributed by atoms with Crippen LogP contribution in [0.4, 0.5) is 0 Å². The van der Waals surface area contributed by atoms with Gasteiger partial charge in [-0.3, -0.25) is 4.79 Å². The van der Waals surface area contributed by atoms with Gasteiger partial charge in [-0.05, 0) is 12.1 Å². The molecule has 0 aliphatic rings. The van der Waals surface area contributed by atoms with E-state index in [2.05, 4.69) is 27.6 Å². The number of nitrogens with zero attached hydrogens (tertiary/aromatic N) is 2. The van der Waals surface area contributed by atoms with Crippen LogP contribution in [-0.4, -0.2) is 31.8 Å². The molecule has 0 unspecified atom stereocenters. The van der Waals surface area contributed by atoms with Gasteiger partial charge >= 0.3 is 5.97 Å². The SMILES string of the molecule is O=C(O)CS.c1cnc2nc[nH]c2c1. The molecule has 0 radical (unpaired) electrons. The fourth-order valence-electron chi connectivity index (χ4n) is 0.775. The van der Waals surface area contributed by atoms with Crippen LogP contribution in [0.3, 0.4) is 0 Å². The van der Waals surface area contributed by atoms with Gasteiger partial charge in [0, 0.05) is 6.20 Å². The number of carboxylic acid groups (broad SMARTS) is 1. The highest BCUT2D eigenvalue weighted by molar-refractivity contribution is 7.81. The Morgan fingerprint density at radius 1 is 1.57 bits per heavy atom. The molecule has 0 aliphatic heterocycles. The number of carbonyl (C=O) groups is 1. The minimum absolute atomic E-state index is 0.0833.